The maximum Gasteiger partial charge on any atom is 0.336 e. The number of pyridine rings is 1. The Labute approximate surface area is 187 Å². The highest BCUT2D eigenvalue weighted by atomic mass is 16.6. The quantitative estimate of drug-likeness (QED) is 0.261. The Bertz CT molecular complexity index is 1110. The largest absolute Gasteiger partial charge is 0.493 e. The Morgan fingerprint density at radius 3 is 2.19 bits per heavy atom. The summed E-state index contributed by atoms with van der Waals surface area (Å²) in [6, 6.07) is 16.5. The molecular weight excluding hydrogens is 406 g/mol. The lowest BCUT2D eigenvalue weighted by atomic mass is 10.1. The monoisotopic (exact) mass is 431 g/mol. The van der Waals surface area contributed by atoms with Gasteiger partial charge in [-0.25, -0.2) is 4.79 Å². The fourth-order valence-electron chi connectivity index (χ4n) is 2.90. The van der Waals surface area contributed by atoms with Gasteiger partial charge in [-0.15, -0.1) is 0 Å². The SMILES string of the molecule is CCOc1ccc(/C=C/C(=O)Oc2ccc(/C=C/c3ccccn3)cc2OC)cc1OC. The fraction of sp³-hybridized carbons (Fsp3) is 0.154. The van der Waals surface area contributed by atoms with Crippen molar-refractivity contribution in [2.24, 2.45) is 0 Å². The first-order chi connectivity index (χ1) is 15.6. The van der Waals surface area contributed by atoms with E-state index in [1.807, 2.05) is 49.4 Å². The average molecular weight is 431 g/mol. The molecule has 0 unspecified atom stereocenters. The first kappa shape index (κ1) is 22.6. The van der Waals surface area contributed by atoms with Gasteiger partial charge in [-0.05, 0) is 66.6 Å². The Hall–Kier alpha value is -4.06. The third-order valence-corrected chi connectivity index (χ3v) is 4.43. The highest BCUT2D eigenvalue weighted by Gasteiger charge is 2.09. The molecule has 3 rings (SSSR count). The standard InChI is InChI=1S/C26H25NO5/c1-4-31-22-13-9-20(17-24(22)29-2)11-15-26(28)32-23-14-10-19(18-25(23)30-3)8-12-21-7-5-6-16-27-21/h5-18H,4H2,1-3H3/b12-8+,15-11+. The zero-order valence-corrected chi connectivity index (χ0v) is 18.3. The normalized spacial score (nSPS) is 11.0. The van der Waals surface area contributed by atoms with Gasteiger partial charge in [0.15, 0.2) is 23.0 Å². The van der Waals surface area contributed by atoms with E-state index in [9.17, 15) is 4.79 Å². The van der Waals surface area contributed by atoms with Crippen molar-refractivity contribution in [2.75, 3.05) is 20.8 Å². The van der Waals surface area contributed by atoms with Crippen molar-refractivity contribution in [3.05, 3.63) is 83.7 Å². The van der Waals surface area contributed by atoms with Gasteiger partial charge in [-0.2, -0.15) is 0 Å². The molecule has 2 aromatic carbocycles. The summed E-state index contributed by atoms with van der Waals surface area (Å²) in [5.74, 6) is 1.52. The van der Waals surface area contributed by atoms with Gasteiger partial charge >= 0.3 is 5.97 Å². The number of benzene rings is 2. The molecular formula is C26H25NO5. The Kier molecular flexibility index (Phi) is 8.03. The second-order valence-corrected chi connectivity index (χ2v) is 6.60. The predicted octanol–water partition coefficient (Wildman–Crippen LogP) is 5.29. The number of hydrogen-bond acceptors (Lipinski definition) is 6. The summed E-state index contributed by atoms with van der Waals surface area (Å²) in [4.78, 5) is 16.6. The van der Waals surface area contributed by atoms with Crippen molar-refractivity contribution in [1.82, 2.24) is 4.98 Å². The van der Waals surface area contributed by atoms with Crippen LogP contribution in [0.25, 0.3) is 18.2 Å². The van der Waals surface area contributed by atoms with Crippen molar-refractivity contribution in [3.63, 3.8) is 0 Å². The van der Waals surface area contributed by atoms with Crippen LogP contribution in [0.4, 0.5) is 0 Å². The van der Waals surface area contributed by atoms with E-state index in [4.69, 9.17) is 18.9 Å². The van der Waals surface area contributed by atoms with Crippen LogP contribution in [0.2, 0.25) is 0 Å². The second kappa shape index (κ2) is 11.4. The lowest BCUT2D eigenvalue weighted by Crippen LogP contribution is -2.05. The summed E-state index contributed by atoms with van der Waals surface area (Å²) in [5, 5.41) is 0. The Morgan fingerprint density at radius 1 is 0.844 bits per heavy atom. The summed E-state index contributed by atoms with van der Waals surface area (Å²) in [5.41, 5.74) is 2.52. The molecule has 164 valence electrons. The van der Waals surface area contributed by atoms with Crippen molar-refractivity contribution in [3.8, 4) is 23.0 Å². The van der Waals surface area contributed by atoms with Crippen molar-refractivity contribution < 1.29 is 23.7 Å². The summed E-state index contributed by atoms with van der Waals surface area (Å²) in [6.45, 7) is 2.44. The molecule has 0 saturated heterocycles. The number of methoxy groups -OCH3 is 2. The molecule has 0 radical (unpaired) electrons. The van der Waals surface area contributed by atoms with Crippen LogP contribution in [-0.2, 0) is 4.79 Å². The zero-order chi connectivity index (χ0) is 22.8. The number of nitrogens with zero attached hydrogens (tertiary/aromatic N) is 1. The molecule has 0 saturated carbocycles. The van der Waals surface area contributed by atoms with E-state index >= 15 is 0 Å². The van der Waals surface area contributed by atoms with Crippen LogP contribution < -0.4 is 18.9 Å². The van der Waals surface area contributed by atoms with Gasteiger partial charge < -0.3 is 18.9 Å². The number of carbonyl (C=O) groups is 1. The molecule has 0 fully saturated rings. The number of carbonyl (C=O) groups excluding carboxylic acids is 1. The molecule has 3 aromatic rings. The van der Waals surface area contributed by atoms with Gasteiger partial charge in [0.2, 0.25) is 0 Å². The van der Waals surface area contributed by atoms with Crippen LogP contribution in [0.3, 0.4) is 0 Å². The summed E-state index contributed by atoms with van der Waals surface area (Å²) in [7, 11) is 3.10. The van der Waals surface area contributed by atoms with Gasteiger partial charge in [-0.1, -0.05) is 24.3 Å². The predicted molar refractivity (Wildman–Crippen MR) is 125 cm³/mol. The lowest BCUT2D eigenvalue weighted by Gasteiger charge is -2.10. The van der Waals surface area contributed by atoms with Gasteiger partial charge in [0.1, 0.15) is 0 Å². The molecule has 0 aliphatic heterocycles. The molecule has 0 amide bonds. The molecule has 0 spiro atoms. The molecule has 0 aliphatic carbocycles. The van der Waals surface area contributed by atoms with Gasteiger partial charge in [0.05, 0.1) is 26.5 Å². The summed E-state index contributed by atoms with van der Waals surface area (Å²) >= 11 is 0. The lowest BCUT2D eigenvalue weighted by molar-refractivity contribution is -0.129. The van der Waals surface area contributed by atoms with E-state index in [1.165, 1.54) is 13.2 Å². The van der Waals surface area contributed by atoms with Crippen molar-refractivity contribution in [2.45, 2.75) is 6.92 Å². The van der Waals surface area contributed by atoms with Crippen LogP contribution in [0.5, 0.6) is 23.0 Å². The van der Waals surface area contributed by atoms with E-state index in [0.29, 0.717) is 29.6 Å². The van der Waals surface area contributed by atoms with Crippen LogP contribution in [-0.4, -0.2) is 31.8 Å². The fourth-order valence-corrected chi connectivity index (χ4v) is 2.90. The maximum atomic E-state index is 12.3. The smallest absolute Gasteiger partial charge is 0.336 e. The van der Waals surface area contributed by atoms with E-state index in [1.54, 1.807) is 43.6 Å². The average Bonchev–Trinajstić information content (AvgIpc) is 2.83. The molecule has 0 bridgehead atoms. The summed E-state index contributed by atoms with van der Waals surface area (Å²) in [6.07, 6.45) is 8.55. The number of hydrogen-bond donors (Lipinski definition) is 0. The number of aromatic nitrogens is 1. The highest BCUT2D eigenvalue weighted by Crippen LogP contribution is 2.30. The topological polar surface area (TPSA) is 66.9 Å². The molecule has 0 N–H and O–H groups in total. The second-order valence-electron chi connectivity index (χ2n) is 6.60. The third-order valence-electron chi connectivity index (χ3n) is 4.43. The van der Waals surface area contributed by atoms with Gasteiger partial charge in [0.25, 0.3) is 0 Å². The Balaban J connectivity index is 1.68. The van der Waals surface area contributed by atoms with E-state index in [-0.39, 0.29) is 0 Å². The van der Waals surface area contributed by atoms with E-state index in [2.05, 4.69) is 4.98 Å². The van der Waals surface area contributed by atoms with Gasteiger partial charge in [-0.3, -0.25) is 4.98 Å². The minimum Gasteiger partial charge on any atom is -0.493 e. The molecule has 0 atom stereocenters. The zero-order valence-electron chi connectivity index (χ0n) is 18.3. The summed E-state index contributed by atoms with van der Waals surface area (Å²) < 4.78 is 21.7. The number of ether oxygens (including phenoxy) is 4. The van der Waals surface area contributed by atoms with Crippen LogP contribution >= 0.6 is 0 Å². The molecule has 1 heterocycles. The van der Waals surface area contributed by atoms with Crippen LogP contribution in [0.15, 0.2) is 66.9 Å². The Morgan fingerprint density at radius 2 is 1.53 bits per heavy atom. The van der Waals surface area contributed by atoms with Gasteiger partial charge in [0, 0.05) is 12.3 Å². The van der Waals surface area contributed by atoms with Crippen molar-refractivity contribution in [1.29, 1.82) is 0 Å². The third kappa shape index (κ3) is 6.22. The number of esters is 1. The molecule has 1 aromatic heterocycles. The number of rotatable bonds is 9. The van der Waals surface area contributed by atoms with Crippen LogP contribution in [0.1, 0.15) is 23.7 Å². The van der Waals surface area contributed by atoms with E-state index < -0.39 is 5.97 Å². The van der Waals surface area contributed by atoms with E-state index in [0.717, 1.165) is 16.8 Å². The molecule has 0 aliphatic rings. The molecule has 6 nitrogen and oxygen atoms in total. The minimum absolute atomic E-state index is 0.335. The highest BCUT2D eigenvalue weighted by molar-refractivity contribution is 5.89. The van der Waals surface area contributed by atoms with Crippen molar-refractivity contribution >= 4 is 24.2 Å². The van der Waals surface area contributed by atoms with Crippen LogP contribution in [0, 0.1) is 0 Å². The molecule has 32 heavy (non-hydrogen) atoms. The minimum atomic E-state index is -0.520. The maximum absolute atomic E-state index is 12.3. The molecule has 6 heteroatoms. The first-order valence-corrected chi connectivity index (χ1v) is 10.1. The first-order valence-electron chi connectivity index (χ1n) is 10.1.